The van der Waals surface area contributed by atoms with Crippen LogP contribution in [-0.2, 0) is 0 Å². The molecule has 2 aromatic rings. The molecule has 1 fully saturated rings. The summed E-state index contributed by atoms with van der Waals surface area (Å²) in [6.07, 6.45) is 6.19. The minimum Gasteiger partial charge on any atom is -0.396 e. The van der Waals surface area contributed by atoms with Gasteiger partial charge >= 0.3 is 0 Å². The second-order valence-electron chi connectivity index (χ2n) is 5.59. The van der Waals surface area contributed by atoms with Gasteiger partial charge in [0, 0.05) is 56.0 Å². The normalized spacial score (nSPS) is 21.2. The summed E-state index contributed by atoms with van der Waals surface area (Å²) < 4.78 is 0. The molecule has 1 saturated heterocycles. The van der Waals surface area contributed by atoms with Gasteiger partial charge in [-0.2, -0.15) is 0 Å². The minimum absolute atomic E-state index is 0.0634. The molecule has 23 heavy (non-hydrogen) atoms. The Hall–Kier alpha value is -2.38. The summed E-state index contributed by atoms with van der Waals surface area (Å²) >= 11 is 0. The predicted octanol–water partition coefficient (Wildman–Crippen LogP) is 0.354. The first-order valence-corrected chi connectivity index (χ1v) is 7.49. The molecular formula is C16H18N4O3. The van der Waals surface area contributed by atoms with Crippen molar-refractivity contribution in [1.29, 1.82) is 0 Å². The van der Waals surface area contributed by atoms with Crippen molar-refractivity contribution in [3.8, 4) is 11.4 Å². The zero-order valence-electron chi connectivity index (χ0n) is 12.5. The third-order valence-electron chi connectivity index (χ3n) is 4.06. The molecule has 1 amide bonds. The van der Waals surface area contributed by atoms with Crippen LogP contribution in [0.5, 0.6) is 0 Å². The number of piperidine rings is 1. The summed E-state index contributed by atoms with van der Waals surface area (Å²) in [5.41, 5.74) is 1.16. The second-order valence-corrected chi connectivity index (χ2v) is 5.59. The Labute approximate surface area is 133 Å². The number of rotatable bonds is 3. The van der Waals surface area contributed by atoms with E-state index in [4.69, 9.17) is 5.11 Å². The van der Waals surface area contributed by atoms with Crippen LogP contribution in [0.4, 0.5) is 0 Å². The van der Waals surface area contributed by atoms with Crippen molar-refractivity contribution >= 4 is 5.91 Å². The molecule has 0 unspecified atom stereocenters. The number of nitrogens with zero attached hydrogens (tertiary/aromatic N) is 4. The van der Waals surface area contributed by atoms with Gasteiger partial charge in [0.2, 0.25) is 0 Å². The van der Waals surface area contributed by atoms with Gasteiger partial charge in [0.25, 0.3) is 5.91 Å². The van der Waals surface area contributed by atoms with E-state index in [1.165, 1.54) is 12.4 Å². The molecule has 0 spiro atoms. The number of carbonyl (C=O) groups excluding carboxylic acids is 1. The van der Waals surface area contributed by atoms with Crippen LogP contribution in [0.1, 0.15) is 16.8 Å². The Morgan fingerprint density at radius 2 is 2.09 bits per heavy atom. The van der Waals surface area contributed by atoms with Crippen molar-refractivity contribution in [1.82, 2.24) is 19.9 Å². The summed E-state index contributed by atoms with van der Waals surface area (Å²) in [5.74, 6) is 0.134. The molecule has 1 aliphatic rings. The first kappa shape index (κ1) is 15.5. The molecular weight excluding hydrogens is 296 g/mol. The van der Waals surface area contributed by atoms with Crippen LogP contribution < -0.4 is 0 Å². The summed E-state index contributed by atoms with van der Waals surface area (Å²) in [6.45, 7) is 0.659. The summed E-state index contributed by atoms with van der Waals surface area (Å²) in [5, 5.41) is 19.1. The van der Waals surface area contributed by atoms with Crippen LogP contribution in [0.25, 0.3) is 11.4 Å². The smallest absolute Gasteiger partial charge is 0.257 e. The van der Waals surface area contributed by atoms with Gasteiger partial charge in [-0.05, 0) is 18.6 Å². The number of aromatic nitrogens is 3. The first-order chi connectivity index (χ1) is 11.2. The fourth-order valence-corrected chi connectivity index (χ4v) is 2.64. The summed E-state index contributed by atoms with van der Waals surface area (Å²) in [4.78, 5) is 26.5. The Balaban J connectivity index is 1.71. The van der Waals surface area contributed by atoms with Crippen LogP contribution >= 0.6 is 0 Å². The van der Waals surface area contributed by atoms with Gasteiger partial charge in [-0.15, -0.1) is 0 Å². The number of aliphatic hydroxyl groups is 2. The quantitative estimate of drug-likeness (QED) is 0.848. The lowest BCUT2D eigenvalue weighted by molar-refractivity contribution is 0.000843. The van der Waals surface area contributed by atoms with Crippen molar-refractivity contribution in [2.45, 2.75) is 12.5 Å². The number of likely N-dealkylation sites (tertiary alicyclic amines) is 1. The number of hydrogen-bond donors (Lipinski definition) is 2. The maximum absolute atomic E-state index is 12.4. The van der Waals surface area contributed by atoms with Crippen LogP contribution in [-0.4, -0.2) is 61.8 Å². The van der Waals surface area contributed by atoms with Gasteiger partial charge < -0.3 is 15.1 Å². The lowest BCUT2D eigenvalue weighted by Gasteiger charge is -2.35. The number of β-amino-alcohol motifs (C(OH)–C–C–N with tert-alkyl or cyclic N) is 1. The molecule has 2 N–H and O–H groups in total. The Kier molecular flexibility index (Phi) is 4.59. The largest absolute Gasteiger partial charge is 0.396 e. The SMILES string of the molecule is O=C(c1cnc(-c2cccnc2)nc1)N1CC[C@H](CO)[C@H](O)C1. The highest BCUT2D eigenvalue weighted by atomic mass is 16.3. The Morgan fingerprint density at radius 1 is 1.30 bits per heavy atom. The number of amides is 1. The molecule has 0 saturated carbocycles. The molecule has 0 aromatic carbocycles. The zero-order chi connectivity index (χ0) is 16.2. The van der Waals surface area contributed by atoms with E-state index in [1.54, 1.807) is 23.4 Å². The van der Waals surface area contributed by atoms with Gasteiger partial charge in [0.05, 0.1) is 11.7 Å². The number of aliphatic hydroxyl groups excluding tert-OH is 2. The molecule has 3 rings (SSSR count). The molecule has 7 heteroatoms. The van der Waals surface area contributed by atoms with Crippen molar-refractivity contribution in [3.63, 3.8) is 0 Å². The van der Waals surface area contributed by atoms with E-state index in [9.17, 15) is 9.90 Å². The van der Waals surface area contributed by atoms with Crippen molar-refractivity contribution < 1.29 is 15.0 Å². The number of carbonyl (C=O) groups is 1. The predicted molar refractivity (Wildman–Crippen MR) is 82.4 cm³/mol. The molecule has 0 aliphatic carbocycles. The van der Waals surface area contributed by atoms with E-state index in [1.807, 2.05) is 6.07 Å². The zero-order valence-corrected chi connectivity index (χ0v) is 12.5. The van der Waals surface area contributed by atoms with Gasteiger partial charge in [-0.25, -0.2) is 9.97 Å². The maximum atomic E-state index is 12.4. The fourth-order valence-electron chi connectivity index (χ4n) is 2.64. The van der Waals surface area contributed by atoms with Gasteiger partial charge in [0.15, 0.2) is 5.82 Å². The van der Waals surface area contributed by atoms with Gasteiger partial charge in [0.1, 0.15) is 0 Å². The highest BCUT2D eigenvalue weighted by Gasteiger charge is 2.30. The Morgan fingerprint density at radius 3 is 2.70 bits per heavy atom. The standard InChI is InChI=1S/C16H18N4O3/c21-10-12-3-5-20(9-14(12)22)16(23)13-7-18-15(19-8-13)11-2-1-4-17-6-11/h1-2,4,6-8,12,14,21-22H,3,5,9-10H2/t12-,14-/m1/s1. The topological polar surface area (TPSA) is 99.4 Å². The first-order valence-electron chi connectivity index (χ1n) is 7.49. The van der Waals surface area contributed by atoms with E-state index >= 15 is 0 Å². The van der Waals surface area contributed by atoms with Crippen molar-refractivity contribution in [3.05, 3.63) is 42.5 Å². The van der Waals surface area contributed by atoms with E-state index in [-0.39, 0.29) is 25.0 Å². The molecule has 1 aliphatic heterocycles. The molecule has 120 valence electrons. The lowest BCUT2D eigenvalue weighted by Crippen LogP contribution is -2.47. The van der Waals surface area contributed by atoms with Crippen LogP contribution in [0.3, 0.4) is 0 Å². The third-order valence-corrected chi connectivity index (χ3v) is 4.06. The summed E-state index contributed by atoms with van der Waals surface area (Å²) in [7, 11) is 0. The van der Waals surface area contributed by atoms with Crippen LogP contribution in [0.15, 0.2) is 36.9 Å². The van der Waals surface area contributed by atoms with Crippen molar-refractivity contribution in [2.24, 2.45) is 5.92 Å². The second kappa shape index (κ2) is 6.80. The Bertz CT molecular complexity index is 663. The average molecular weight is 314 g/mol. The van der Waals surface area contributed by atoms with E-state index in [0.29, 0.717) is 24.4 Å². The fraction of sp³-hybridized carbons (Fsp3) is 0.375. The van der Waals surface area contributed by atoms with Crippen LogP contribution in [0.2, 0.25) is 0 Å². The number of pyridine rings is 1. The summed E-state index contributed by atoms with van der Waals surface area (Å²) in [6, 6.07) is 3.64. The van der Waals surface area contributed by atoms with Crippen molar-refractivity contribution in [2.75, 3.05) is 19.7 Å². The maximum Gasteiger partial charge on any atom is 0.257 e. The molecule has 0 radical (unpaired) electrons. The highest BCUT2D eigenvalue weighted by molar-refractivity contribution is 5.93. The van der Waals surface area contributed by atoms with Gasteiger partial charge in [-0.3, -0.25) is 9.78 Å². The van der Waals surface area contributed by atoms with Crippen LogP contribution in [0, 0.1) is 5.92 Å². The molecule has 7 nitrogen and oxygen atoms in total. The molecule has 2 aromatic heterocycles. The van der Waals surface area contributed by atoms with E-state index < -0.39 is 6.10 Å². The number of hydrogen-bond acceptors (Lipinski definition) is 6. The third kappa shape index (κ3) is 3.35. The monoisotopic (exact) mass is 314 g/mol. The molecule has 3 heterocycles. The van der Waals surface area contributed by atoms with Gasteiger partial charge in [-0.1, -0.05) is 0 Å². The lowest BCUT2D eigenvalue weighted by atomic mass is 9.94. The molecule has 2 atom stereocenters. The van der Waals surface area contributed by atoms with E-state index in [0.717, 1.165) is 5.56 Å². The molecule has 0 bridgehead atoms. The van der Waals surface area contributed by atoms with E-state index in [2.05, 4.69) is 15.0 Å². The highest BCUT2D eigenvalue weighted by Crippen LogP contribution is 2.19. The minimum atomic E-state index is -0.701. The average Bonchev–Trinajstić information content (AvgIpc) is 2.62.